The maximum absolute atomic E-state index is 9.71. The van der Waals surface area contributed by atoms with Crippen LogP contribution in [-0.4, -0.2) is 15.8 Å². The second kappa shape index (κ2) is 3.51. The van der Waals surface area contributed by atoms with Gasteiger partial charge in [-0.3, -0.25) is 0 Å². The highest BCUT2D eigenvalue weighted by Crippen LogP contribution is 2.34. The molecule has 0 fully saturated rings. The molecule has 1 heterocycles. The Bertz CT molecular complexity index is 480. The highest BCUT2D eigenvalue weighted by molar-refractivity contribution is 7.19. The molecule has 1 aromatic carbocycles. The maximum atomic E-state index is 9.71. The van der Waals surface area contributed by atoms with Crippen molar-refractivity contribution in [1.82, 2.24) is 0 Å². The minimum absolute atomic E-state index is 0.319. The van der Waals surface area contributed by atoms with Crippen molar-refractivity contribution in [3.63, 3.8) is 0 Å². The molecule has 0 spiro atoms. The van der Waals surface area contributed by atoms with Crippen molar-refractivity contribution in [2.75, 3.05) is 0 Å². The molecule has 0 amide bonds. The Morgan fingerprint density at radius 2 is 2.07 bits per heavy atom. The fourth-order valence-corrected chi connectivity index (χ4v) is 2.91. The van der Waals surface area contributed by atoms with Crippen molar-refractivity contribution in [2.24, 2.45) is 0 Å². The number of benzene rings is 1. The topological polar surface area (TPSA) is 40.5 Å². The van der Waals surface area contributed by atoms with Crippen molar-refractivity contribution in [2.45, 2.75) is 25.9 Å². The zero-order chi connectivity index (χ0) is 11.1. The van der Waals surface area contributed by atoms with Crippen LogP contribution in [0.2, 0.25) is 0 Å². The molecule has 0 radical (unpaired) electrons. The largest absolute Gasteiger partial charge is 0.506 e. The summed E-state index contributed by atoms with van der Waals surface area (Å²) in [6, 6.07) is 7.52. The number of aliphatic hydroxyl groups is 1. The van der Waals surface area contributed by atoms with Crippen LogP contribution in [0.3, 0.4) is 0 Å². The van der Waals surface area contributed by atoms with E-state index in [4.69, 9.17) is 0 Å². The fraction of sp³-hybridized carbons (Fsp3) is 0.333. The zero-order valence-corrected chi connectivity index (χ0v) is 9.64. The Kier molecular flexibility index (Phi) is 2.44. The summed E-state index contributed by atoms with van der Waals surface area (Å²) >= 11 is 1.54. The molecule has 0 aliphatic rings. The van der Waals surface area contributed by atoms with Gasteiger partial charge in [-0.25, -0.2) is 0 Å². The van der Waals surface area contributed by atoms with E-state index >= 15 is 0 Å². The third-order valence-electron chi connectivity index (χ3n) is 2.18. The number of aromatic hydroxyl groups is 1. The van der Waals surface area contributed by atoms with Crippen molar-refractivity contribution in [1.29, 1.82) is 0 Å². The minimum atomic E-state index is -0.698. The van der Waals surface area contributed by atoms with Gasteiger partial charge >= 0.3 is 0 Å². The summed E-state index contributed by atoms with van der Waals surface area (Å²) in [6.45, 7) is 3.58. The lowest BCUT2D eigenvalue weighted by Crippen LogP contribution is -2.20. The molecule has 15 heavy (non-hydrogen) atoms. The summed E-state index contributed by atoms with van der Waals surface area (Å²) in [5, 5.41) is 20.4. The normalized spacial score (nSPS) is 12.2. The molecule has 2 N–H and O–H groups in total. The molecule has 2 nitrogen and oxygen atoms in total. The van der Waals surface area contributed by atoms with Gasteiger partial charge in [0.25, 0.3) is 0 Å². The van der Waals surface area contributed by atoms with Gasteiger partial charge in [-0.05, 0) is 31.4 Å². The van der Waals surface area contributed by atoms with Gasteiger partial charge in [0, 0.05) is 11.3 Å². The molecule has 1 aromatic heterocycles. The Balaban J connectivity index is 2.44. The summed E-state index contributed by atoms with van der Waals surface area (Å²) in [5.41, 5.74) is -0.698. The van der Waals surface area contributed by atoms with E-state index in [1.165, 1.54) is 0 Å². The van der Waals surface area contributed by atoms with Crippen LogP contribution in [0.25, 0.3) is 10.1 Å². The Hall–Kier alpha value is -1.06. The van der Waals surface area contributed by atoms with Crippen LogP contribution in [0.4, 0.5) is 0 Å². The molecular formula is C12H14O2S. The first-order chi connectivity index (χ1) is 6.96. The average Bonchev–Trinajstić information content (AvgIpc) is 2.45. The van der Waals surface area contributed by atoms with Crippen molar-refractivity contribution >= 4 is 21.4 Å². The highest BCUT2D eigenvalue weighted by Gasteiger charge is 2.15. The molecule has 0 atom stereocenters. The van der Waals surface area contributed by atoms with Gasteiger partial charge in [-0.1, -0.05) is 12.1 Å². The summed E-state index contributed by atoms with van der Waals surface area (Å²) in [5.74, 6) is 0.319. The number of rotatable bonds is 2. The smallest absolute Gasteiger partial charge is 0.133 e. The first kappa shape index (κ1) is 10.5. The molecule has 2 rings (SSSR count). The number of phenolic OH excluding ortho intramolecular Hbond substituents is 1. The molecule has 0 aliphatic heterocycles. The van der Waals surface area contributed by atoms with Crippen LogP contribution in [-0.2, 0) is 6.42 Å². The quantitative estimate of drug-likeness (QED) is 0.820. The van der Waals surface area contributed by atoms with Crippen LogP contribution in [0.1, 0.15) is 18.7 Å². The molecule has 0 unspecified atom stereocenters. The predicted octanol–water partition coefficient (Wildman–Crippen LogP) is 2.92. The number of fused-ring (bicyclic) bond motifs is 1. The highest BCUT2D eigenvalue weighted by atomic mass is 32.1. The van der Waals surface area contributed by atoms with E-state index in [1.54, 1.807) is 31.3 Å². The van der Waals surface area contributed by atoms with E-state index < -0.39 is 5.60 Å². The summed E-state index contributed by atoms with van der Waals surface area (Å²) < 4.78 is 0.900. The molecular weight excluding hydrogens is 208 g/mol. The summed E-state index contributed by atoms with van der Waals surface area (Å²) in [7, 11) is 0. The molecule has 80 valence electrons. The molecule has 0 bridgehead atoms. The lowest BCUT2D eigenvalue weighted by Gasteiger charge is -2.14. The van der Waals surface area contributed by atoms with E-state index in [0.29, 0.717) is 12.2 Å². The molecule has 2 aromatic rings. The monoisotopic (exact) mass is 222 g/mol. The van der Waals surface area contributed by atoms with E-state index in [9.17, 15) is 10.2 Å². The van der Waals surface area contributed by atoms with Crippen LogP contribution in [0.15, 0.2) is 24.3 Å². The molecule has 0 aliphatic carbocycles. The third-order valence-corrected chi connectivity index (χ3v) is 3.35. The number of phenols is 1. The van der Waals surface area contributed by atoms with Gasteiger partial charge in [0.2, 0.25) is 0 Å². The average molecular weight is 222 g/mol. The second-order valence-corrected chi connectivity index (χ2v) is 5.53. The summed E-state index contributed by atoms with van der Waals surface area (Å²) in [4.78, 5) is 1.10. The SMILES string of the molecule is CC(C)(O)Cc1cc2cccc(O)c2s1. The van der Waals surface area contributed by atoms with Gasteiger partial charge in [-0.15, -0.1) is 11.3 Å². The van der Waals surface area contributed by atoms with Crippen LogP contribution in [0.5, 0.6) is 5.75 Å². The number of hydrogen-bond donors (Lipinski definition) is 2. The molecule has 3 heteroatoms. The number of thiophene rings is 1. The van der Waals surface area contributed by atoms with Crippen LogP contribution >= 0.6 is 11.3 Å². The van der Waals surface area contributed by atoms with Gasteiger partial charge < -0.3 is 10.2 Å². The Morgan fingerprint density at radius 3 is 2.67 bits per heavy atom. The Labute approximate surface area is 92.8 Å². The van der Waals surface area contributed by atoms with Gasteiger partial charge in [0.05, 0.1) is 10.3 Å². The van der Waals surface area contributed by atoms with Crippen molar-refractivity contribution in [3.8, 4) is 5.75 Å². The fourth-order valence-electron chi connectivity index (χ4n) is 1.61. The standard InChI is InChI=1S/C12H14O2S/c1-12(2,14)7-9-6-8-4-3-5-10(13)11(8)15-9/h3-6,13-14H,7H2,1-2H3. The minimum Gasteiger partial charge on any atom is -0.506 e. The Morgan fingerprint density at radius 1 is 1.33 bits per heavy atom. The molecule has 0 saturated heterocycles. The second-order valence-electron chi connectivity index (χ2n) is 4.40. The predicted molar refractivity (Wildman–Crippen MR) is 63.5 cm³/mol. The van der Waals surface area contributed by atoms with Crippen molar-refractivity contribution in [3.05, 3.63) is 29.1 Å². The van der Waals surface area contributed by atoms with Gasteiger partial charge in [-0.2, -0.15) is 0 Å². The lowest BCUT2D eigenvalue weighted by atomic mass is 10.0. The van der Waals surface area contributed by atoms with Gasteiger partial charge in [0.15, 0.2) is 0 Å². The van der Waals surface area contributed by atoms with E-state index in [-0.39, 0.29) is 0 Å². The first-order valence-electron chi connectivity index (χ1n) is 4.88. The third kappa shape index (κ3) is 2.30. The molecule has 0 saturated carbocycles. The van der Waals surface area contributed by atoms with E-state index in [0.717, 1.165) is 15.0 Å². The maximum Gasteiger partial charge on any atom is 0.133 e. The van der Waals surface area contributed by atoms with Crippen LogP contribution in [0, 0.1) is 0 Å². The lowest BCUT2D eigenvalue weighted by molar-refractivity contribution is 0.0819. The summed E-state index contributed by atoms with van der Waals surface area (Å²) in [6.07, 6.45) is 0.617. The van der Waals surface area contributed by atoms with Crippen molar-refractivity contribution < 1.29 is 10.2 Å². The van der Waals surface area contributed by atoms with Crippen LogP contribution < -0.4 is 0 Å². The van der Waals surface area contributed by atoms with Gasteiger partial charge in [0.1, 0.15) is 5.75 Å². The van der Waals surface area contributed by atoms with E-state index in [2.05, 4.69) is 0 Å². The first-order valence-corrected chi connectivity index (χ1v) is 5.70. The zero-order valence-electron chi connectivity index (χ0n) is 8.82. The van der Waals surface area contributed by atoms with E-state index in [1.807, 2.05) is 18.2 Å². The number of hydrogen-bond acceptors (Lipinski definition) is 3.